The van der Waals surface area contributed by atoms with Gasteiger partial charge in [0.1, 0.15) is 5.75 Å². The number of benzene rings is 3. The molecule has 4 N–H and O–H groups in total. The molecule has 3 rings (SSSR count). The van der Waals surface area contributed by atoms with Crippen LogP contribution in [0.25, 0.3) is 0 Å². The van der Waals surface area contributed by atoms with Gasteiger partial charge in [-0.1, -0.05) is 49.4 Å². The standard InChI is InChI=1S/C33H41N5O6/c1-5-33(2,34)18-19-38(29(39)22-35-32(42)36-25-13-11-12-24(20-25)21-31(41)43-4)27-16-9-10-17-28(27)44-23-30(40)37(3)26-14-7-6-8-15-26/h6-17,20H,5,18-19,21-23,34H2,1-4H3,(H2,35,36,42)/t33-/m1/s1. The second-order valence-corrected chi connectivity index (χ2v) is 10.6. The second-order valence-electron chi connectivity index (χ2n) is 10.6. The lowest BCUT2D eigenvalue weighted by molar-refractivity contribution is -0.139. The van der Waals surface area contributed by atoms with E-state index < -0.39 is 23.4 Å². The molecular formula is C33H41N5O6. The van der Waals surface area contributed by atoms with Gasteiger partial charge in [0, 0.05) is 30.5 Å². The monoisotopic (exact) mass is 603 g/mol. The Morgan fingerprint density at radius 1 is 0.932 bits per heavy atom. The van der Waals surface area contributed by atoms with Crippen LogP contribution in [-0.2, 0) is 25.5 Å². The summed E-state index contributed by atoms with van der Waals surface area (Å²) in [6.45, 7) is 3.59. The molecule has 0 unspecified atom stereocenters. The Bertz CT molecular complexity index is 1430. The molecule has 0 aromatic heterocycles. The highest BCUT2D eigenvalue weighted by atomic mass is 16.5. The molecule has 0 fully saturated rings. The number of carbonyl (C=O) groups excluding carboxylic acids is 4. The summed E-state index contributed by atoms with van der Waals surface area (Å²) in [6.07, 6.45) is 1.25. The van der Waals surface area contributed by atoms with E-state index in [0.29, 0.717) is 35.5 Å². The molecule has 0 saturated heterocycles. The largest absolute Gasteiger partial charge is 0.482 e. The summed E-state index contributed by atoms with van der Waals surface area (Å²) in [5.74, 6) is -0.711. The summed E-state index contributed by atoms with van der Waals surface area (Å²) in [4.78, 5) is 53.7. The molecule has 0 bridgehead atoms. The number of nitrogens with two attached hydrogens (primary N) is 1. The minimum absolute atomic E-state index is 0.0640. The zero-order valence-electron chi connectivity index (χ0n) is 25.7. The number of ether oxygens (including phenoxy) is 2. The van der Waals surface area contributed by atoms with Crippen LogP contribution in [0.1, 0.15) is 32.3 Å². The van der Waals surface area contributed by atoms with Gasteiger partial charge in [-0.05, 0) is 61.7 Å². The van der Waals surface area contributed by atoms with Gasteiger partial charge in [0.05, 0.1) is 25.8 Å². The summed E-state index contributed by atoms with van der Waals surface area (Å²) >= 11 is 0. The minimum atomic E-state index is -0.593. The molecule has 0 spiro atoms. The third-order valence-electron chi connectivity index (χ3n) is 7.20. The molecule has 0 aliphatic heterocycles. The van der Waals surface area contributed by atoms with Crippen LogP contribution in [0.4, 0.5) is 21.9 Å². The highest BCUT2D eigenvalue weighted by molar-refractivity contribution is 5.99. The zero-order valence-corrected chi connectivity index (χ0v) is 25.7. The van der Waals surface area contributed by atoms with E-state index in [1.807, 2.05) is 44.2 Å². The van der Waals surface area contributed by atoms with Crippen LogP contribution >= 0.6 is 0 Å². The third-order valence-corrected chi connectivity index (χ3v) is 7.20. The molecule has 1 atom stereocenters. The Morgan fingerprint density at radius 2 is 1.64 bits per heavy atom. The SMILES string of the molecule is CC[C@@](C)(N)CCN(C(=O)CNC(=O)Nc1cccc(CC(=O)OC)c1)c1ccccc1OCC(=O)N(C)c1ccccc1. The van der Waals surface area contributed by atoms with E-state index in [4.69, 9.17) is 15.2 Å². The Morgan fingerprint density at radius 3 is 2.34 bits per heavy atom. The summed E-state index contributed by atoms with van der Waals surface area (Å²) < 4.78 is 10.6. The van der Waals surface area contributed by atoms with E-state index in [0.717, 1.165) is 5.69 Å². The van der Waals surface area contributed by atoms with Crippen molar-refractivity contribution in [3.05, 3.63) is 84.4 Å². The van der Waals surface area contributed by atoms with Crippen LogP contribution in [0.3, 0.4) is 0 Å². The van der Waals surface area contributed by atoms with Crippen LogP contribution in [0.2, 0.25) is 0 Å². The van der Waals surface area contributed by atoms with Gasteiger partial charge in [0.2, 0.25) is 5.91 Å². The van der Waals surface area contributed by atoms with Crippen molar-refractivity contribution in [1.29, 1.82) is 0 Å². The predicted octanol–water partition coefficient (Wildman–Crippen LogP) is 4.12. The summed E-state index contributed by atoms with van der Waals surface area (Å²) in [6, 6.07) is 22.3. The average Bonchev–Trinajstić information content (AvgIpc) is 3.03. The highest BCUT2D eigenvalue weighted by Crippen LogP contribution is 2.29. The summed E-state index contributed by atoms with van der Waals surface area (Å²) in [5, 5.41) is 5.28. The maximum absolute atomic E-state index is 13.6. The topological polar surface area (TPSA) is 143 Å². The molecule has 0 heterocycles. The number of methoxy groups -OCH3 is 1. The summed E-state index contributed by atoms with van der Waals surface area (Å²) in [7, 11) is 2.98. The quantitative estimate of drug-likeness (QED) is 0.235. The molecule has 11 heteroatoms. The Labute approximate surface area is 258 Å². The number of urea groups is 1. The molecule has 4 amide bonds. The maximum Gasteiger partial charge on any atom is 0.319 e. The molecule has 0 radical (unpaired) electrons. The van der Waals surface area contributed by atoms with E-state index >= 15 is 0 Å². The first-order valence-corrected chi connectivity index (χ1v) is 14.4. The van der Waals surface area contributed by atoms with Gasteiger partial charge < -0.3 is 35.6 Å². The van der Waals surface area contributed by atoms with Gasteiger partial charge in [0.15, 0.2) is 6.61 Å². The van der Waals surface area contributed by atoms with Crippen molar-refractivity contribution in [1.82, 2.24) is 5.32 Å². The number of likely N-dealkylation sites (N-methyl/N-ethyl adjacent to an activating group) is 1. The van der Waals surface area contributed by atoms with E-state index in [1.54, 1.807) is 55.6 Å². The van der Waals surface area contributed by atoms with Gasteiger partial charge in [-0.15, -0.1) is 0 Å². The lowest BCUT2D eigenvalue weighted by Gasteiger charge is -2.30. The smallest absolute Gasteiger partial charge is 0.319 e. The normalized spacial score (nSPS) is 11.9. The maximum atomic E-state index is 13.6. The number of amides is 4. The fraction of sp³-hybridized carbons (Fsp3) is 0.333. The number of carbonyl (C=O) groups is 4. The van der Waals surface area contributed by atoms with E-state index in [1.165, 1.54) is 16.9 Å². The number of nitrogens with one attached hydrogen (secondary N) is 2. The minimum Gasteiger partial charge on any atom is -0.482 e. The van der Waals surface area contributed by atoms with Crippen LogP contribution in [0.15, 0.2) is 78.9 Å². The molecule has 0 aliphatic carbocycles. The number of anilines is 3. The second kappa shape index (κ2) is 16.1. The van der Waals surface area contributed by atoms with Crippen LogP contribution in [0.5, 0.6) is 5.75 Å². The van der Waals surface area contributed by atoms with Crippen molar-refractivity contribution in [3.8, 4) is 5.75 Å². The predicted molar refractivity (Wildman–Crippen MR) is 171 cm³/mol. The lowest BCUT2D eigenvalue weighted by Crippen LogP contribution is -2.45. The number of hydrogen-bond acceptors (Lipinski definition) is 7. The summed E-state index contributed by atoms with van der Waals surface area (Å²) in [5.41, 5.74) is 8.19. The zero-order chi connectivity index (χ0) is 32.1. The van der Waals surface area contributed by atoms with Crippen LogP contribution in [-0.4, -0.2) is 63.2 Å². The third kappa shape index (κ3) is 10.1. The molecule has 0 saturated carbocycles. The fourth-order valence-electron chi connectivity index (χ4n) is 4.18. The van der Waals surface area contributed by atoms with Gasteiger partial charge in [0.25, 0.3) is 5.91 Å². The first-order chi connectivity index (χ1) is 21.0. The van der Waals surface area contributed by atoms with Crippen LogP contribution < -0.4 is 30.9 Å². The number of para-hydroxylation sites is 3. The van der Waals surface area contributed by atoms with Crippen molar-refractivity contribution in [2.75, 3.05) is 49.0 Å². The molecule has 0 aliphatic rings. The number of rotatable bonds is 14. The first-order valence-electron chi connectivity index (χ1n) is 14.4. The van der Waals surface area contributed by atoms with Crippen molar-refractivity contribution < 1.29 is 28.7 Å². The van der Waals surface area contributed by atoms with Crippen molar-refractivity contribution in [2.45, 2.75) is 38.6 Å². The van der Waals surface area contributed by atoms with E-state index in [-0.39, 0.29) is 32.0 Å². The van der Waals surface area contributed by atoms with Crippen molar-refractivity contribution >= 4 is 40.9 Å². The van der Waals surface area contributed by atoms with E-state index in [9.17, 15) is 19.2 Å². The van der Waals surface area contributed by atoms with Gasteiger partial charge in [-0.25, -0.2) is 4.79 Å². The fourth-order valence-corrected chi connectivity index (χ4v) is 4.18. The number of esters is 1. The van der Waals surface area contributed by atoms with Crippen LogP contribution in [0, 0.1) is 0 Å². The van der Waals surface area contributed by atoms with Gasteiger partial charge in [-0.2, -0.15) is 0 Å². The molecular weight excluding hydrogens is 562 g/mol. The Balaban J connectivity index is 1.71. The lowest BCUT2D eigenvalue weighted by atomic mass is 9.95. The van der Waals surface area contributed by atoms with Crippen molar-refractivity contribution in [3.63, 3.8) is 0 Å². The average molecular weight is 604 g/mol. The molecule has 3 aromatic carbocycles. The van der Waals surface area contributed by atoms with Crippen molar-refractivity contribution in [2.24, 2.45) is 5.73 Å². The highest BCUT2D eigenvalue weighted by Gasteiger charge is 2.25. The molecule has 234 valence electrons. The Hall–Kier alpha value is -4.90. The molecule has 11 nitrogen and oxygen atoms in total. The number of hydrogen-bond donors (Lipinski definition) is 3. The number of nitrogens with zero attached hydrogens (tertiary/aromatic N) is 2. The molecule has 3 aromatic rings. The first kappa shape index (κ1) is 33.6. The Kier molecular flexibility index (Phi) is 12.3. The van der Waals surface area contributed by atoms with Gasteiger partial charge in [-0.3, -0.25) is 14.4 Å². The molecule has 44 heavy (non-hydrogen) atoms. The van der Waals surface area contributed by atoms with E-state index in [2.05, 4.69) is 10.6 Å². The van der Waals surface area contributed by atoms with Gasteiger partial charge >= 0.3 is 12.0 Å².